The summed E-state index contributed by atoms with van der Waals surface area (Å²) in [4.78, 5) is 33.7. The Labute approximate surface area is 125 Å². The van der Waals surface area contributed by atoms with Crippen LogP contribution >= 0.6 is 0 Å². The first-order valence-electron chi connectivity index (χ1n) is 6.32. The van der Waals surface area contributed by atoms with E-state index in [1.165, 1.54) is 37.3 Å². The maximum atomic E-state index is 12.0. The molecule has 0 aliphatic rings. The van der Waals surface area contributed by atoms with E-state index in [1.54, 1.807) is 18.2 Å². The smallest absolute Gasteiger partial charge is 0.549 e. The van der Waals surface area contributed by atoms with E-state index in [4.69, 9.17) is 14.6 Å². The largest absolute Gasteiger partial charge is 0.561 e. The van der Waals surface area contributed by atoms with Gasteiger partial charge in [-0.25, -0.2) is 4.79 Å². The molecule has 0 heterocycles. The Bertz CT molecular complexity index is 718. The van der Waals surface area contributed by atoms with Crippen LogP contribution in [0.2, 0.25) is 0 Å². The Kier molecular flexibility index (Phi) is 4.53. The first-order valence-corrected chi connectivity index (χ1v) is 6.32. The Balaban J connectivity index is 2.11. The highest BCUT2D eigenvalue weighted by atomic mass is 16.5. The van der Waals surface area contributed by atoms with Crippen molar-refractivity contribution in [2.45, 2.75) is 6.92 Å². The number of esters is 2. The first kappa shape index (κ1) is 15.2. The van der Waals surface area contributed by atoms with Gasteiger partial charge in [-0.1, -0.05) is 6.07 Å². The van der Waals surface area contributed by atoms with E-state index in [9.17, 15) is 14.4 Å². The Morgan fingerprint density at radius 1 is 0.864 bits per heavy atom. The van der Waals surface area contributed by atoms with Crippen LogP contribution in [0.25, 0.3) is 0 Å². The van der Waals surface area contributed by atoms with E-state index in [0.717, 1.165) is 0 Å². The van der Waals surface area contributed by atoms with Gasteiger partial charge in [-0.15, -0.1) is 0 Å². The molecule has 2 N–H and O–H groups in total. The van der Waals surface area contributed by atoms with E-state index < -0.39 is 17.9 Å². The van der Waals surface area contributed by atoms with Gasteiger partial charge in [0, 0.05) is 17.8 Å². The third kappa shape index (κ3) is 3.92. The van der Waals surface area contributed by atoms with Gasteiger partial charge in [0.15, 0.2) is 0 Å². The second kappa shape index (κ2) is 6.53. The second-order valence-electron chi connectivity index (χ2n) is 4.36. The van der Waals surface area contributed by atoms with Gasteiger partial charge in [0.1, 0.15) is 17.1 Å². The van der Waals surface area contributed by atoms with Gasteiger partial charge < -0.3 is 14.6 Å². The lowest BCUT2D eigenvalue weighted by atomic mass is 10.1. The lowest BCUT2D eigenvalue weighted by molar-refractivity contribution is -0.131. The molecule has 0 bridgehead atoms. The molecule has 0 amide bonds. The van der Waals surface area contributed by atoms with E-state index in [-0.39, 0.29) is 22.6 Å². The Morgan fingerprint density at radius 3 is 1.95 bits per heavy atom. The van der Waals surface area contributed by atoms with Crippen LogP contribution in [0.3, 0.4) is 0 Å². The maximum absolute atomic E-state index is 12.0. The van der Waals surface area contributed by atoms with Gasteiger partial charge >= 0.3 is 17.9 Å². The first-order chi connectivity index (χ1) is 10.5. The molecule has 2 aromatic carbocycles. The average molecular weight is 301 g/mol. The zero-order valence-electron chi connectivity index (χ0n) is 11.7. The average Bonchev–Trinajstić information content (AvgIpc) is 2.47. The normalized spacial score (nSPS) is 9.86. The molecule has 0 aliphatic carbocycles. The van der Waals surface area contributed by atoms with Crippen LogP contribution in [0.4, 0.5) is 0 Å². The number of ether oxygens (including phenoxy) is 2. The third-order valence-electron chi connectivity index (χ3n) is 2.66. The molecule has 0 fully saturated rings. The zero-order valence-corrected chi connectivity index (χ0v) is 11.7. The fraction of sp³-hybridized carbons (Fsp3) is 0.0625. The minimum atomic E-state index is -0.825. The highest BCUT2D eigenvalue weighted by Gasteiger charge is 2.14. The fourth-order valence-corrected chi connectivity index (χ4v) is 1.69. The predicted octanol–water partition coefficient (Wildman–Crippen LogP) is 1.70. The van der Waals surface area contributed by atoms with Crippen LogP contribution in [0.5, 0.6) is 11.5 Å². The fourth-order valence-electron chi connectivity index (χ4n) is 1.69. The summed E-state index contributed by atoms with van der Waals surface area (Å²) < 4.78 is 10.1. The maximum Gasteiger partial charge on any atom is 0.549 e. The molecule has 0 unspecified atom stereocenters. The van der Waals surface area contributed by atoms with Crippen molar-refractivity contribution < 1.29 is 29.0 Å². The summed E-state index contributed by atoms with van der Waals surface area (Å²) in [7, 11) is 0. The van der Waals surface area contributed by atoms with Gasteiger partial charge in [-0.2, -0.15) is 0 Å². The van der Waals surface area contributed by atoms with Crippen molar-refractivity contribution in [3.63, 3.8) is 0 Å². The van der Waals surface area contributed by atoms with Crippen molar-refractivity contribution >= 4 is 17.9 Å². The molecule has 6 nitrogen and oxygen atoms in total. The Hall–Kier alpha value is -3.15. The van der Waals surface area contributed by atoms with E-state index >= 15 is 0 Å². The molecule has 2 rings (SSSR count). The molecule has 2 aromatic rings. The van der Waals surface area contributed by atoms with Crippen molar-refractivity contribution in [1.82, 2.24) is 0 Å². The van der Waals surface area contributed by atoms with E-state index in [0.29, 0.717) is 0 Å². The van der Waals surface area contributed by atoms with E-state index in [2.05, 4.69) is 0 Å². The number of carbonyl (C=O) groups is 3. The predicted molar refractivity (Wildman–Crippen MR) is 77.1 cm³/mol. The second-order valence-corrected chi connectivity index (χ2v) is 4.36. The molecular weight excluding hydrogens is 288 g/mol. The number of carbonyl (C=O) groups excluding carboxylic acids is 3. The molecule has 0 saturated carbocycles. The van der Waals surface area contributed by atoms with Gasteiger partial charge in [0.25, 0.3) is 0 Å². The minimum absolute atomic E-state index is 0.188. The van der Waals surface area contributed by atoms with Crippen LogP contribution in [0, 0.1) is 0 Å². The summed E-state index contributed by atoms with van der Waals surface area (Å²) in [6.45, 7) is 1.27. The van der Waals surface area contributed by atoms with Crippen molar-refractivity contribution in [2.24, 2.45) is 0 Å². The van der Waals surface area contributed by atoms with Crippen LogP contribution in [0.1, 0.15) is 27.6 Å². The monoisotopic (exact) mass is 301 g/mol. The van der Waals surface area contributed by atoms with Crippen LogP contribution in [-0.4, -0.2) is 23.0 Å². The molecule has 0 atom stereocenters. The van der Waals surface area contributed by atoms with Crippen molar-refractivity contribution in [3.8, 4) is 11.5 Å². The summed E-state index contributed by atoms with van der Waals surface area (Å²) in [5, 5.41) is 6.96. The molecule has 0 radical (unpaired) electrons. The summed E-state index contributed by atoms with van der Waals surface area (Å²) in [5.74, 6) is -1.42. The third-order valence-corrected chi connectivity index (χ3v) is 2.66. The Morgan fingerprint density at radius 2 is 1.41 bits per heavy atom. The van der Waals surface area contributed by atoms with Crippen molar-refractivity contribution in [3.05, 3.63) is 59.7 Å². The van der Waals surface area contributed by atoms with Crippen molar-refractivity contribution in [1.29, 1.82) is 0 Å². The molecule has 0 aliphatic heterocycles. The summed E-state index contributed by atoms with van der Waals surface area (Å²) >= 11 is 0. The van der Waals surface area contributed by atoms with Gasteiger partial charge in [-0.05, 0) is 36.4 Å². The SMILES string of the molecule is CC(=O)Oc1cccc(OC(=O)c2ccc(C(=O)[OH2+])cc2)c1. The molecule has 0 aromatic heterocycles. The van der Waals surface area contributed by atoms with Crippen molar-refractivity contribution in [2.75, 3.05) is 0 Å². The summed E-state index contributed by atoms with van der Waals surface area (Å²) in [6, 6.07) is 11.7. The topological polar surface area (TPSA) is 92.6 Å². The molecule has 22 heavy (non-hydrogen) atoms. The molecule has 112 valence electrons. The quantitative estimate of drug-likeness (QED) is 0.487. The molecule has 0 saturated heterocycles. The molecular formula is C16H13O6+. The minimum Gasteiger partial charge on any atom is -0.561 e. The van der Waals surface area contributed by atoms with Crippen LogP contribution in [-0.2, 0) is 4.79 Å². The number of benzene rings is 2. The summed E-state index contributed by atoms with van der Waals surface area (Å²) in [6.07, 6.45) is 0. The van der Waals surface area contributed by atoms with E-state index in [1.807, 2.05) is 0 Å². The highest BCUT2D eigenvalue weighted by molar-refractivity contribution is 5.93. The lowest BCUT2D eigenvalue weighted by Crippen LogP contribution is -2.09. The standard InChI is InChI=1S/C16H12O6/c1-10(17)21-13-3-2-4-14(9-13)22-16(20)12-7-5-11(6-8-12)15(18)19/h2-9H,1H3,(H,18,19)/p+1. The zero-order chi connectivity index (χ0) is 16.1. The highest BCUT2D eigenvalue weighted by Crippen LogP contribution is 2.20. The van der Waals surface area contributed by atoms with Gasteiger partial charge in [-0.3, -0.25) is 4.79 Å². The van der Waals surface area contributed by atoms with Gasteiger partial charge in [0.2, 0.25) is 0 Å². The number of hydrogen-bond donors (Lipinski definition) is 0. The van der Waals surface area contributed by atoms with Crippen LogP contribution in [0.15, 0.2) is 48.5 Å². The van der Waals surface area contributed by atoms with Gasteiger partial charge in [0.05, 0.1) is 5.56 Å². The lowest BCUT2D eigenvalue weighted by Gasteiger charge is -2.06. The number of hydrogen-bond acceptors (Lipinski definition) is 5. The summed E-state index contributed by atoms with van der Waals surface area (Å²) in [5.41, 5.74) is 0.427. The van der Waals surface area contributed by atoms with Crippen LogP contribution < -0.4 is 9.47 Å². The number of rotatable bonds is 4. The molecule has 0 spiro atoms. The molecule has 6 heteroatoms.